The van der Waals surface area contributed by atoms with Crippen LogP contribution in [0.3, 0.4) is 0 Å². The number of nitrogens with one attached hydrogen (secondary N) is 1. The highest BCUT2D eigenvalue weighted by atomic mass is 79.9. The van der Waals surface area contributed by atoms with Crippen molar-refractivity contribution in [2.75, 3.05) is 19.6 Å². The second kappa shape index (κ2) is 5.98. The second-order valence-corrected chi connectivity index (χ2v) is 5.49. The second-order valence-electron chi connectivity index (χ2n) is 4.64. The first-order valence-electron chi connectivity index (χ1n) is 6.15. The number of carboxylic acids is 1. The summed E-state index contributed by atoms with van der Waals surface area (Å²) in [6.45, 7) is 3.78. The van der Waals surface area contributed by atoms with Crippen molar-refractivity contribution in [3.63, 3.8) is 0 Å². The van der Waals surface area contributed by atoms with Crippen molar-refractivity contribution in [3.8, 4) is 0 Å². The standard InChI is InChI=1S/C13H16BrFN2O2/c1-8(10-3-2-9(15)6-11(10)14)17-5-4-16-7-12(17)13(18)19/h2-3,6,8,12,16H,4-5,7H2,1H3,(H,18,19). The quantitative estimate of drug-likeness (QED) is 0.890. The van der Waals surface area contributed by atoms with Gasteiger partial charge in [-0.3, -0.25) is 9.69 Å². The molecule has 1 aromatic carbocycles. The summed E-state index contributed by atoms with van der Waals surface area (Å²) in [5, 5.41) is 12.3. The van der Waals surface area contributed by atoms with Gasteiger partial charge in [-0.2, -0.15) is 0 Å². The molecule has 1 aromatic rings. The Balaban J connectivity index is 2.25. The van der Waals surface area contributed by atoms with Crippen LogP contribution in [0.4, 0.5) is 4.39 Å². The van der Waals surface area contributed by atoms with Crippen LogP contribution in [0.5, 0.6) is 0 Å². The molecule has 1 fully saturated rings. The van der Waals surface area contributed by atoms with Crippen LogP contribution in [0.25, 0.3) is 0 Å². The van der Waals surface area contributed by atoms with E-state index in [-0.39, 0.29) is 11.9 Å². The van der Waals surface area contributed by atoms with E-state index in [1.54, 1.807) is 6.07 Å². The van der Waals surface area contributed by atoms with Crippen LogP contribution in [-0.4, -0.2) is 41.7 Å². The summed E-state index contributed by atoms with van der Waals surface area (Å²) in [6, 6.07) is 3.86. The molecule has 2 N–H and O–H groups in total. The Morgan fingerprint density at radius 2 is 2.37 bits per heavy atom. The molecule has 0 radical (unpaired) electrons. The molecule has 0 bridgehead atoms. The van der Waals surface area contributed by atoms with E-state index in [1.165, 1.54) is 12.1 Å². The molecular weight excluding hydrogens is 315 g/mol. The highest BCUT2D eigenvalue weighted by Gasteiger charge is 2.32. The molecule has 2 rings (SSSR count). The van der Waals surface area contributed by atoms with Gasteiger partial charge in [-0.1, -0.05) is 22.0 Å². The van der Waals surface area contributed by atoms with Gasteiger partial charge in [0.05, 0.1) is 0 Å². The van der Waals surface area contributed by atoms with E-state index in [9.17, 15) is 14.3 Å². The Morgan fingerprint density at radius 1 is 1.63 bits per heavy atom. The third-order valence-electron chi connectivity index (χ3n) is 3.48. The lowest BCUT2D eigenvalue weighted by molar-refractivity contribution is -0.145. The maximum absolute atomic E-state index is 13.1. The minimum Gasteiger partial charge on any atom is -0.480 e. The number of aliphatic carboxylic acids is 1. The molecule has 1 aliphatic heterocycles. The summed E-state index contributed by atoms with van der Waals surface area (Å²) < 4.78 is 13.8. The fraction of sp³-hybridized carbons (Fsp3) is 0.462. The van der Waals surface area contributed by atoms with Crippen LogP contribution in [0.1, 0.15) is 18.5 Å². The third kappa shape index (κ3) is 3.13. The summed E-state index contributed by atoms with van der Waals surface area (Å²) >= 11 is 3.34. The van der Waals surface area contributed by atoms with E-state index < -0.39 is 12.0 Å². The summed E-state index contributed by atoms with van der Waals surface area (Å²) in [6.07, 6.45) is 0. The molecule has 1 saturated heterocycles. The average molecular weight is 331 g/mol. The lowest BCUT2D eigenvalue weighted by atomic mass is 10.0. The molecule has 0 saturated carbocycles. The van der Waals surface area contributed by atoms with Crippen molar-refractivity contribution in [2.24, 2.45) is 0 Å². The lowest BCUT2D eigenvalue weighted by Crippen LogP contribution is -2.55. The van der Waals surface area contributed by atoms with Gasteiger partial charge in [0.15, 0.2) is 0 Å². The van der Waals surface area contributed by atoms with Crippen LogP contribution in [0, 0.1) is 5.82 Å². The molecule has 19 heavy (non-hydrogen) atoms. The maximum Gasteiger partial charge on any atom is 0.322 e. The zero-order valence-corrected chi connectivity index (χ0v) is 12.2. The predicted octanol–water partition coefficient (Wildman–Crippen LogP) is 2.01. The summed E-state index contributed by atoms with van der Waals surface area (Å²) in [5.74, 6) is -1.14. The monoisotopic (exact) mass is 330 g/mol. The van der Waals surface area contributed by atoms with Crippen LogP contribution in [0.2, 0.25) is 0 Å². The van der Waals surface area contributed by atoms with Gasteiger partial charge in [0.1, 0.15) is 11.9 Å². The van der Waals surface area contributed by atoms with E-state index in [0.717, 1.165) is 12.1 Å². The van der Waals surface area contributed by atoms with Crippen LogP contribution in [0.15, 0.2) is 22.7 Å². The third-order valence-corrected chi connectivity index (χ3v) is 4.17. The Bertz CT molecular complexity index is 484. The Hall–Kier alpha value is -0.980. The topological polar surface area (TPSA) is 52.6 Å². The molecule has 6 heteroatoms. The van der Waals surface area contributed by atoms with Gasteiger partial charge in [-0.25, -0.2) is 4.39 Å². The van der Waals surface area contributed by atoms with Crippen molar-refractivity contribution >= 4 is 21.9 Å². The highest BCUT2D eigenvalue weighted by Crippen LogP contribution is 2.30. The molecule has 4 nitrogen and oxygen atoms in total. The van der Waals surface area contributed by atoms with Gasteiger partial charge in [-0.15, -0.1) is 0 Å². The largest absolute Gasteiger partial charge is 0.480 e. The number of hydrogen-bond donors (Lipinski definition) is 2. The maximum atomic E-state index is 13.1. The minimum absolute atomic E-state index is 0.0850. The molecule has 104 valence electrons. The first kappa shape index (κ1) is 14.4. The Kier molecular flexibility index (Phi) is 4.54. The van der Waals surface area contributed by atoms with Gasteiger partial charge in [0.25, 0.3) is 0 Å². The average Bonchev–Trinajstić information content (AvgIpc) is 2.38. The van der Waals surface area contributed by atoms with Gasteiger partial charge in [-0.05, 0) is 24.6 Å². The van der Waals surface area contributed by atoms with Crippen LogP contribution in [-0.2, 0) is 4.79 Å². The number of piperazine rings is 1. The molecule has 0 aliphatic carbocycles. The van der Waals surface area contributed by atoms with Crippen molar-refractivity contribution in [3.05, 3.63) is 34.1 Å². The fourth-order valence-electron chi connectivity index (χ4n) is 2.43. The summed E-state index contributed by atoms with van der Waals surface area (Å²) in [4.78, 5) is 13.2. The zero-order valence-electron chi connectivity index (χ0n) is 10.6. The molecule has 2 atom stereocenters. The summed E-state index contributed by atoms with van der Waals surface area (Å²) in [5.41, 5.74) is 0.898. The first-order chi connectivity index (χ1) is 9.00. The SMILES string of the molecule is CC(c1ccc(F)cc1Br)N1CCNCC1C(=O)O. The summed E-state index contributed by atoms with van der Waals surface area (Å²) in [7, 11) is 0. The number of halogens is 2. The van der Waals surface area contributed by atoms with Crippen molar-refractivity contribution < 1.29 is 14.3 Å². The number of nitrogens with zero attached hydrogens (tertiary/aromatic N) is 1. The van der Waals surface area contributed by atoms with E-state index in [4.69, 9.17) is 0 Å². The first-order valence-corrected chi connectivity index (χ1v) is 6.94. The van der Waals surface area contributed by atoms with Crippen LogP contribution < -0.4 is 5.32 Å². The smallest absolute Gasteiger partial charge is 0.322 e. The molecular formula is C13H16BrFN2O2. The molecule has 1 aliphatic rings. The van der Waals surface area contributed by atoms with Gasteiger partial charge in [0.2, 0.25) is 0 Å². The molecule has 0 spiro atoms. The number of hydrogen-bond acceptors (Lipinski definition) is 3. The predicted molar refractivity (Wildman–Crippen MR) is 73.5 cm³/mol. The number of benzene rings is 1. The molecule has 1 heterocycles. The molecule has 0 amide bonds. The molecule has 2 unspecified atom stereocenters. The van der Waals surface area contributed by atoms with E-state index in [1.807, 2.05) is 11.8 Å². The lowest BCUT2D eigenvalue weighted by Gasteiger charge is -2.38. The van der Waals surface area contributed by atoms with Gasteiger partial charge < -0.3 is 10.4 Å². The minimum atomic E-state index is -0.836. The highest BCUT2D eigenvalue weighted by molar-refractivity contribution is 9.10. The normalized spacial score (nSPS) is 22.2. The van der Waals surface area contributed by atoms with Crippen molar-refractivity contribution in [1.82, 2.24) is 10.2 Å². The van der Waals surface area contributed by atoms with Crippen LogP contribution >= 0.6 is 15.9 Å². The van der Waals surface area contributed by atoms with Gasteiger partial charge in [0, 0.05) is 30.1 Å². The number of rotatable bonds is 3. The Morgan fingerprint density at radius 3 is 3.00 bits per heavy atom. The van der Waals surface area contributed by atoms with E-state index >= 15 is 0 Å². The van der Waals surface area contributed by atoms with E-state index in [0.29, 0.717) is 17.6 Å². The number of carbonyl (C=O) groups is 1. The van der Waals surface area contributed by atoms with Gasteiger partial charge >= 0.3 is 5.97 Å². The van der Waals surface area contributed by atoms with E-state index in [2.05, 4.69) is 21.2 Å². The van der Waals surface area contributed by atoms with Crippen molar-refractivity contribution in [1.29, 1.82) is 0 Å². The molecule has 0 aromatic heterocycles. The van der Waals surface area contributed by atoms with Crippen molar-refractivity contribution in [2.45, 2.75) is 19.0 Å². The Labute approximate surface area is 119 Å². The fourth-order valence-corrected chi connectivity index (χ4v) is 3.11. The number of carboxylic acid groups (broad SMARTS) is 1. The zero-order chi connectivity index (χ0) is 14.0.